The molecule has 1 aromatic heterocycles. The number of hydrogen-bond donors (Lipinski definition) is 1. The van der Waals surface area contributed by atoms with E-state index in [9.17, 15) is 4.79 Å². The van der Waals surface area contributed by atoms with Crippen LogP contribution in [0.5, 0.6) is 0 Å². The first-order chi connectivity index (χ1) is 12.0. The highest BCUT2D eigenvalue weighted by Crippen LogP contribution is 2.27. The molecule has 0 unspecified atom stereocenters. The SMILES string of the molecule is CC(C)NC(=O)CSc1nc2cc(Cl)ccc2n1Cc1ccccc1. The molecule has 2 aromatic carbocycles. The molecule has 0 bridgehead atoms. The minimum absolute atomic E-state index is 0.0105. The number of halogens is 1. The molecular weight excluding hydrogens is 354 g/mol. The fourth-order valence-corrected chi connectivity index (χ4v) is 3.60. The van der Waals surface area contributed by atoms with E-state index in [2.05, 4.69) is 27.0 Å². The zero-order chi connectivity index (χ0) is 17.8. The molecule has 4 nitrogen and oxygen atoms in total. The van der Waals surface area contributed by atoms with Crippen LogP contribution in [-0.4, -0.2) is 27.3 Å². The Balaban J connectivity index is 1.90. The zero-order valence-corrected chi connectivity index (χ0v) is 15.8. The van der Waals surface area contributed by atoms with E-state index in [1.54, 1.807) is 0 Å². The van der Waals surface area contributed by atoms with E-state index in [0.29, 0.717) is 17.3 Å². The fourth-order valence-electron chi connectivity index (χ4n) is 2.60. The van der Waals surface area contributed by atoms with Crippen molar-refractivity contribution in [1.82, 2.24) is 14.9 Å². The Hall–Kier alpha value is -1.98. The lowest BCUT2D eigenvalue weighted by Crippen LogP contribution is -2.31. The Bertz CT molecular complexity index is 877. The molecule has 0 aliphatic rings. The number of carbonyl (C=O) groups excluding carboxylic acids is 1. The molecule has 1 N–H and O–H groups in total. The topological polar surface area (TPSA) is 46.9 Å². The molecule has 130 valence electrons. The molecule has 3 aromatic rings. The first-order valence-electron chi connectivity index (χ1n) is 8.15. The summed E-state index contributed by atoms with van der Waals surface area (Å²) in [4.78, 5) is 16.7. The van der Waals surface area contributed by atoms with Gasteiger partial charge in [-0.15, -0.1) is 0 Å². The number of carbonyl (C=O) groups is 1. The minimum atomic E-state index is 0.0105. The molecule has 0 saturated carbocycles. The van der Waals surface area contributed by atoms with Gasteiger partial charge in [-0.3, -0.25) is 4.79 Å². The van der Waals surface area contributed by atoms with Crippen LogP contribution in [0, 0.1) is 0 Å². The molecule has 0 radical (unpaired) electrons. The van der Waals surface area contributed by atoms with Crippen molar-refractivity contribution in [2.24, 2.45) is 0 Å². The number of amides is 1. The van der Waals surface area contributed by atoms with Gasteiger partial charge in [0.2, 0.25) is 5.91 Å². The molecule has 0 aliphatic heterocycles. The summed E-state index contributed by atoms with van der Waals surface area (Å²) in [6.07, 6.45) is 0. The maximum atomic E-state index is 12.0. The maximum absolute atomic E-state index is 12.0. The van der Waals surface area contributed by atoms with Crippen LogP contribution in [0.1, 0.15) is 19.4 Å². The van der Waals surface area contributed by atoms with E-state index in [4.69, 9.17) is 11.6 Å². The van der Waals surface area contributed by atoms with Gasteiger partial charge in [0.25, 0.3) is 0 Å². The summed E-state index contributed by atoms with van der Waals surface area (Å²) < 4.78 is 2.13. The third kappa shape index (κ3) is 4.55. The maximum Gasteiger partial charge on any atom is 0.230 e. The van der Waals surface area contributed by atoms with Gasteiger partial charge in [0.15, 0.2) is 5.16 Å². The van der Waals surface area contributed by atoms with Crippen LogP contribution in [0.3, 0.4) is 0 Å². The van der Waals surface area contributed by atoms with Gasteiger partial charge in [-0.1, -0.05) is 53.7 Å². The molecule has 25 heavy (non-hydrogen) atoms. The van der Waals surface area contributed by atoms with Crippen LogP contribution >= 0.6 is 23.4 Å². The Morgan fingerprint density at radius 3 is 2.72 bits per heavy atom. The van der Waals surface area contributed by atoms with Crippen LogP contribution in [-0.2, 0) is 11.3 Å². The third-order valence-corrected chi connectivity index (χ3v) is 4.85. The lowest BCUT2D eigenvalue weighted by molar-refractivity contribution is -0.119. The van der Waals surface area contributed by atoms with Gasteiger partial charge in [0.05, 0.1) is 23.3 Å². The van der Waals surface area contributed by atoms with Gasteiger partial charge in [0, 0.05) is 11.1 Å². The predicted octanol–water partition coefficient (Wildman–Crippen LogP) is 4.35. The number of imidazole rings is 1. The fraction of sp³-hybridized carbons (Fsp3) is 0.263. The second kappa shape index (κ2) is 7.93. The quantitative estimate of drug-likeness (QED) is 0.653. The third-order valence-electron chi connectivity index (χ3n) is 3.64. The summed E-state index contributed by atoms with van der Waals surface area (Å²) in [6, 6.07) is 16.1. The minimum Gasteiger partial charge on any atom is -0.353 e. The highest BCUT2D eigenvalue weighted by Gasteiger charge is 2.14. The van der Waals surface area contributed by atoms with Crippen molar-refractivity contribution in [1.29, 1.82) is 0 Å². The number of hydrogen-bond acceptors (Lipinski definition) is 3. The molecule has 0 saturated heterocycles. The number of thioether (sulfide) groups is 1. The molecule has 1 heterocycles. The molecule has 6 heteroatoms. The van der Waals surface area contributed by atoms with Crippen molar-refractivity contribution in [3.63, 3.8) is 0 Å². The highest BCUT2D eigenvalue weighted by molar-refractivity contribution is 7.99. The molecule has 0 fully saturated rings. The summed E-state index contributed by atoms with van der Waals surface area (Å²) in [5, 5.41) is 4.38. The highest BCUT2D eigenvalue weighted by atomic mass is 35.5. The summed E-state index contributed by atoms with van der Waals surface area (Å²) in [6.45, 7) is 4.61. The summed E-state index contributed by atoms with van der Waals surface area (Å²) in [7, 11) is 0. The van der Waals surface area contributed by atoms with E-state index in [-0.39, 0.29) is 11.9 Å². The van der Waals surface area contributed by atoms with Crippen molar-refractivity contribution < 1.29 is 4.79 Å². The van der Waals surface area contributed by atoms with Crippen molar-refractivity contribution in [3.8, 4) is 0 Å². The number of rotatable bonds is 6. The van der Waals surface area contributed by atoms with Crippen LogP contribution in [0.4, 0.5) is 0 Å². The van der Waals surface area contributed by atoms with Crippen molar-refractivity contribution in [2.45, 2.75) is 31.6 Å². The first-order valence-corrected chi connectivity index (χ1v) is 9.51. The molecule has 0 spiro atoms. The first kappa shape index (κ1) is 17.8. The van der Waals surface area contributed by atoms with Gasteiger partial charge in [-0.05, 0) is 37.6 Å². The van der Waals surface area contributed by atoms with E-state index in [0.717, 1.165) is 16.2 Å². The molecular formula is C19H20ClN3OS. The van der Waals surface area contributed by atoms with Gasteiger partial charge < -0.3 is 9.88 Å². The average molecular weight is 374 g/mol. The van der Waals surface area contributed by atoms with Gasteiger partial charge >= 0.3 is 0 Å². The van der Waals surface area contributed by atoms with Crippen LogP contribution in [0.15, 0.2) is 53.7 Å². The Morgan fingerprint density at radius 2 is 2.00 bits per heavy atom. The Kier molecular flexibility index (Phi) is 5.66. The number of benzene rings is 2. The van der Waals surface area contributed by atoms with Gasteiger partial charge in [0.1, 0.15) is 0 Å². The monoisotopic (exact) mass is 373 g/mol. The Morgan fingerprint density at radius 1 is 1.24 bits per heavy atom. The second-order valence-electron chi connectivity index (χ2n) is 6.11. The average Bonchev–Trinajstić information content (AvgIpc) is 2.90. The second-order valence-corrected chi connectivity index (χ2v) is 7.49. The molecule has 0 aliphatic carbocycles. The van der Waals surface area contributed by atoms with E-state index in [1.165, 1.54) is 17.3 Å². The number of fused-ring (bicyclic) bond motifs is 1. The van der Waals surface area contributed by atoms with Crippen LogP contribution in [0.2, 0.25) is 5.02 Å². The van der Waals surface area contributed by atoms with Crippen LogP contribution < -0.4 is 5.32 Å². The molecule has 0 atom stereocenters. The smallest absolute Gasteiger partial charge is 0.230 e. The zero-order valence-electron chi connectivity index (χ0n) is 14.2. The number of aromatic nitrogens is 2. The predicted molar refractivity (Wildman–Crippen MR) is 104 cm³/mol. The lowest BCUT2D eigenvalue weighted by atomic mass is 10.2. The van der Waals surface area contributed by atoms with Crippen molar-refractivity contribution >= 4 is 40.3 Å². The van der Waals surface area contributed by atoms with E-state index >= 15 is 0 Å². The lowest BCUT2D eigenvalue weighted by Gasteiger charge is -2.10. The van der Waals surface area contributed by atoms with E-state index in [1.807, 2.05) is 50.2 Å². The summed E-state index contributed by atoms with van der Waals surface area (Å²) in [5.41, 5.74) is 3.04. The largest absolute Gasteiger partial charge is 0.353 e. The summed E-state index contributed by atoms with van der Waals surface area (Å²) in [5.74, 6) is 0.348. The normalized spacial score (nSPS) is 11.2. The van der Waals surface area contributed by atoms with Gasteiger partial charge in [-0.25, -0.2) is 4.98 Å². The van der Waals surface area contributed by atoms with Crippen molar-refractivity contribution in [3.05, 3.63) is 59.1 Å². The standard InChI is InChI=1S/C19H20ClN3OS/c1-13(2)21-18(24)12-25-19-22-16-10-15(20)8-9-17(16)23(19)11-14-6-4-3-5-7-14/h3-10,13H,11-12H2,1-2H3,(H,21,24). The summed E-state index contributed by atoms with van der Waals surface area (Å²) >= 11 is 7.55. The molecule has 1 amide bonds. The number of nitrogens with one attached hydrogen (secondary N) is 1. The number of nitrogens with zero attached hydrogens (tertiary/aromatic N) is 2. The van der Waals surface area contributed by atoms with E-state index < -0.39 is 0 Å². The van der Waals surface area contributed by atoms with Gasteiger partial charge in [-0.2, -0.15) is 0 Å². The van der Waals surface area contributed by atoms with Crippen molar-refractivity contribution in [2.75, 3.05) is 5.75 Å². The van der Waals surface area contributed by atoms with Crippen LogP contribution in [0.25, 0.3) is 11.0 Å². The Labute approximate surface area is 156 Å². The molecule has 3 rings (SSSR count).